The van der Waals surface area contributed by atoms with E-state index >= 15 is 0 Å². The standard InChI is InChI=1S/C23H21F3N4O4S/c24-23(25,26)35-17-3-1-16(2-4-17)30-20(32)22(6-7-22)29(21(30)33)14-15-5-8-27-18(13-15)19(31)28-9-11-34-12-10-28/h1-5,8,13H,6-7,9-12,14H2. The SMILES string of the molecule is O=C(c1cc(CN2C(=O)N(c3ccc(SC(F)(F)F)cc3)C(=O)C23CC3)ccn1)N1CCOCC1. The van der Waals surface area contributed by atoms with Gasteiger partial charge < -0.3 is 14.5 Å². The Morgan fingerprint density at radius 3 is 2.40 bits per heavy atom. The summed E-state index contributed by atoms with van der Waals surface area (Å²) in [6.07, 6.45) is 2.50. The van der Waals surface area contributed by atoms with Crippen molar-refractivity contribution in [1.82, 2.24) is 14.8 Å². The number of aromatic nitrogens is 1. The average molecular weight is 507 g/mol. The summed E-state index contributed by atoms with van der Waals surface area (Å²) in [5.41, 5.74) is -4.26. The number of benzene rings is 1. The fourth-order valence-electron chi connectivity index (χ4n) is 4.36. The molecule has 3 fully saturated rings. The molecule has 3 aliphatic rings. The van der Waals surface area contributed by atoms with Crippen LogP contribution in [0.4, 0.5) is 23.7 Å². The zero-order valence-electron chi connectivity index (χ0n) is 18.5. The van der Waals surface area contributed by atoms with E-state index in [1.807, 2.05) is 0 Å². The number of anilines is 1. The Kier molecular flexibility index (Phi) is 5.96. The molecule has 0 bridgehead atoms. The molecule has 2 aliphatic heterocycles. The fourth-order valence-corrected chi connectivity index (χ4v) is 4.90. The van der Waals surface area contributed by atoms with Gasteiger partial charge in [-0.3, -0.25) is 14.6 Å². The minimum atomic E-state index is -4.43. The maximum atomic E-state index is 13.3. The van der Waals surface area contributed by atoms with Crippen LogP contribution in [0, 0.1) is 0 Å². The predicted octanol–water partition coefficient (Wildman–Crippen LogP) is 3.67. The number of pyridine rings is 1. The highest BCUT2D eigenvalue weighted by atomic mass is 32.2. The number of morpholine rings is 1. The first kappa shape index (κ1) is 23.6. The van der Waals surface area contributed by atoms with Crippen molar-refractivity contribution < 1.29 is 32.3 Å². The molecule has 3 heterocycles. The van der Waals surface area contributed by atoms with Crippen LogP contribution < -0.4 is 4.90 Å². The number of hydrogen-bond donors (Lipinski definition) is 0. The third kappa shape index (κ3) is 4.59. The maximum absolute atomic E-state index is 13.3. The summed E-state index contributed by atoms with van der Waals surface area (Å²) >= 11 is -0.261. The lowest BCUT2D eigenvalue weighted by Crippen LogP contribution is -2.41. The molecule has 12 heteroatoms. The van der Waals surface area contributed by atoms with Gasteiger partial charge in [0.2, 0.25) is 0 Å². The van der Waals surface area contributed by atoms with E-state index in [4.69, 9.17) is 4.74 Å². The minimum Gasteiger partial charge on any atom is -0.378 e. The predicted molar refractivity (Wildman–Crippen MR) is 120 cm³/mol. The molecule has 0 radical (unpaired) electrons. The quantitative estimate of drug-likeness (QED) is 0.455. The van der Waals surface area contributed by atoms with Crippen LogP contribution in [-0.4, -0.2) is 70.0 Å². The Morgan fingerprint density at radius 1 is 1.09 bits per heavy atom. The Hall–Kier alpha value is -3.12. The lowest BCUT2D eigenvalue weighted by atomic mass is 10.1. The summed E-state index contributed by atoms with van der Waals surface area (Å²) in [4.78, 5) is 47.6. The van der Waals surface area contributed by atoms with Crippen molar-refractivity contribution in [3.05, 3.63) is 53.9 Å². The molecule has 1 spiro atoms. The van der Waals surface area contributed by atoms with Crippen LogP contribution in [0.25, 0.3) is 0 Å². The number of amides is 4. The van der Waals surface area contributed by atoms with Gasteiger partial charge in [-0.25, -0.2) is 9.69 Å². The molecule has 5 rings (SSSR count). The third-order valence-electron chi connectivity index (χ3n) is 6.27. The number of halogens is 3. The van der Waals surface area contributed by atoms with Gasteiger partial charge in [-0.15, -0.1) is 0 Å². The molecule has 8 nitrogen and oxygen atoms in total. The van der Waals surface area contributed by atoms with Crippen LogP contribution in [0.15, 0.2) is 47.5 Å². The molecule has 1 aliphatic carbocycles. The number of nitrogens with zero attached hydrogens (tertiary/aromatic N) is 4. The second-order valence-corrected chi connectivity index (χ2v) is 9.67. The molecule has 1 saturated carbocycles. The van der Waals surface area contributed by atoms with Crippen LogP contribution in [0.5, 0.6) is 0 Å². The normalized spacial score (nSPS) is 19.6. The molecule has 2 aromatic rings. The van der Waals surface area contributed by atoms with E-state index in [1.165, 1.54) is 35.4 Å². The zero-order chi connectivity index (χ0) is 24.8. The van der Waals surface area contributed by atoms with Crippen molar-refractivity contribution >= 4 is 35.3 Å². The number of carbonyl (C=O) groups excluding carboxylic acids is 3. The highest BCUT2D eigenvalue weighted by Gasteiger charge is 2.65. The third-order valence-corrected chi connectivity index (χ3v) is 7.01. The molecule has 1 aromatic carbocycles. The Labute approximate surface area is 203 Å². The lowest BCUT2D eigenvalue weighted by molar-refractivity contribution is -0.120. The molecule has 35 heavy (non-hydrogen) atoms. The van der Waals surface area contributed by atoms with E-state index in [-0.39, 0.29) is 40.5 Å². The highest BCUT2D eigenvalue weighted by Crippen LogP contribution is 2.50. The summed E-state index contributed by atoms with van der Waals surface area (Å²) in [6.45, 7) is 1.98. The Bertz CT molecular complexity index is 1160. The molecular formula is C23H21F3N4O4S. The van der Waals surface area contributed by atoms with E-state index in [2.05, 4.69) is 4.98 Å². The summed E-state index contributed by atoms with van der Waals surface area (Å²) in [5.74, 6) is -0.615. The van der Waals surface area contributed by atoms with Gasteiger partial charge in [-0.05, 0) is 66.6 Å². The Balaban J connectivity index is 1.35. The molecule has 2 saturated heterocycles. The van der Waals surface area contributed by atoms with Crippen molar-refractivity contribution in [2.24, 2.45) is 0 Å². The smallest absolute Gasteiger partial charge is 0.378 e. The van der Waals surface area contributed by atoms with Crippen LogP contribution in [0.3, 0.4) is 0 Å². The van der Waals surface area contributed by atoms with Gasteiger partial charge in [0.25, 0.3) is 11.8 Å². The Morgan fingerprint density at radius 2 is 1.77 bits per heavy atom. The number of alkyl halides is 3. The van der Waals surface area contributed by atoms with Crippen LogP contribution in [0.2, 0.25) is 0 Å². The van der Waals surface area contributed by atoms with E-state index in [0.717, 1.165) is 4.90 Å². The van der Waals surface area contributed by atoms with Gasteiger partial charge in [0.15, 0.2) is 0 Å². The maximum Gasteiger partial charge on any atom is 0.446 e. The number of hydrogen-bond acceptors (Lipinski definition) is 6. The lowest BCUT2D eigenvalue weighted by Gasteiger charge is -2.26. The first-order valence-electron chi connectivity index (χ1n) is 11.0. The second kappa shape index (κ2) is 8.83. The first-order chi connectivity index (χ1) is 16.7. The van der Waals surface area contributed by atoms with Gasteiger partial charge in [-0.2, -0.15) is 13.2 Å². The topological polar surface area (TPSA) is 83.1 Å². The van der Waals surface area contributed by atoms with Crippen molar-refractivity contribution in [2.75, 3.05) is 31.2 Å². The number of ether oxygens (including phenoxy) is 1. The summed E-state index contributed by atoms with van der Waals surface area (Å²) in [5, 5.41) is 0. The number of thioether (sulfide) groups is 1. The van der Waals surface area contributed by atoms with Crippen molar-refractivity contribution in [2.45, 2.75) is 35.3 Å². The second-order valence-electron chi connectivity index (χ2n) is 8.54. The molecule has 0 atom stereocenters. The van der Waals surface area contributed by atoms with E-state index in [1.54, 1.807) is 17.0 Å². The van der Waals surface area contributed by atoms with Crippen molar-refractivity contribution in [3.8, 4) is 0 Å². The summed E-state index contributed by atoms with van der Waals surface area (Å²) < 4.78 is 43.1. The largest absolute Gasteiger partial charge is 0.446 e. The molecule has 0 unspecified atom stereocenters. The number of rotatable bonds is 5. The number of imide groups is 1. The molecule has 0 N–H and O–H groups in total. The van der Waals surface area contributed by atoms with Crippen molar-refractivity contribution in [3.63, 3.8) is 0 Å². The average Bonchev–Trinajstić information content (AvgIpc) is 3.61. The number of urea groups is 1. The molecule has 4 amide bonds. The monoisotopic (exact) mass is 506 g/mol. The van der Waals surface area contributed by atoms with E-state index < -0.39 is 23.0 Å². The van der Waals surface area contributed by atoms with E-state index in [0.29, 0.717) is 44.7 Å². The molecular weight excluding hydrogens is 485 g/mol. The van der Waals surface area contributed by atoms with Gasteiger partial charge in [0.1, 0.15) is 11.2 Å². The summed E-state index contributed by atoms with van der Waals surface area (Å²) in [7, 11) is 0. The fraction of sp³-hybridized carbons (Fsp3) is 0.391. The van der Waals surface area contributed by atoms with E-state index in [9.17, 15) is 27.6 Å². The van der Waals surface area contributed by atoms with Gasteiger partial charge in [-0.1, -0.05) is 0 Å². The van der Waals surface area contributed by atoms with Gasteiger partial charge >= 0.3 is 11.5 Å². The first-order valence-corrected chi connectivity index (χ1v) is 11.8. The van der Waals surface area contributed by atoms with Crippen LogP contribution in [0.1, 0.15) is 28.9 Å². The molecule has 184 valence electrons. The molecule has 1 aromatic heterocycles. The van der Waals surface area contributed by atoms with Crippen LogP contribution >= 0.6 is 11.8 Å². The highest BCUT2D eigenvalue weighted by molar-refractivity contribution is 8.00. The number of carbonyl (C=O) groups is 3. The minimum absolute atomic E-state index is 0.0346. The van der Waals surface area contributed by atoms with Crippen molar-refractivity contribution in [1.29, 1.82) is 0 Å². The van der Waals surface area contributed by atoms with Gasteiger partial charge in [0.05, 0.1) is 18.9 Å². The van der Waals surface area contributed by atoms with Crippen LogP contribution in [-0.2, 0) is 16.1 Å². The summed E-state index contributed by atoms with van der Waals surface area (Å²) in [6, 6.07) is 7.93. The van der Waals surface area contributed by atoms with Gasteiger partial charge in [0, 0.05) is 30.7 Å². The zero-order valence-corrected chi connectivity index (χ0v) is 19.3.